The second kappa shape index (κ2) is 18.4. The summed E-state index contributed by atoms with van der Waals surface area (Å²) in [6.07, 6.45) is 0. The number of halogens is 1. The third kappa shape index (κ3) is 18.6. The Morgan fingerprint density at radius 2 is 0.967 bits per heavy atom. The Hall–Kier alpha value is -0.130. The molecule has 0 aromatic rings. The van der Waals surface area contributed by atoms with E-state index in [9.17, 15) is 4.48 Å². The van der Waals surface area contributed by atoms with Crippen molar-refractivity contribution in [3.8, 4) is 0 Å². The van der Waals surface area contributed by atoms with Crippen LogP contribution < -0.4 is 5.73 Å². The van der Waals surface area contributed by atoms with Crippen molar-refractivity contribution < 1.29 is 4.48 Å². The standard InChI is InChI=1S/C17H47B4FN8/c1-24(2)6-13-28(19)15-10-27(12-17-30(21)22)11-16-29(20)14-9-26(5-4-23)8-7-25(3)18/h4-21,23H2,1-3H3. The highest BCUT2D eigenvalue weighted by molar-refractivity contribution is 6.04. The zero-order chi connectivity index (χ0) is 22.9. The molecule has 13 heteroatoms. The lowest BCUT2D eigenvalue weighted by atomic mass is 10.2. The van der Waals surface area contributed by atoms with E-state index >= 15 is 0 Å². The summed E-state index contributed by atoms with van der Waals surface area (Å²) in [5, 5.41) is 0.780. The zero-order valence-corrected chi connectivity index (χ0v) is 21.0. The molecule has 0 heterocycles. The van der Waals surface area contributed by atoms with Crippen molar-refractivity contribution >= 4 is 31.9 Å². The Balaban J connectivity index is 4.36. The molecule has 0 saturated carbocycles. The predicted molar refractivity (Wildman–Crippen MR) is 138 cm³/mol. The molecule has 0 spiro atoms. The summed E-state index contributed by atoms with van der Waals surface area (Å²) in [6.45, 7) is 13.0. The molecule has 0 unspecified atom stereocenters. The topological polar surface area (TPSA) is 48.7 Å². The highest BCUT2D eigenvalue weighted by atomic mass is 19.2. The summed E-state index contributed by atoms with van der Waals surface area (Å²) in [5.41, 5.74) is 5.78. The van der Waals surface area contributed by atoms with Gasteiger partial charge >= 0.3 is 0 Å². The monoisotopic (exact) mass is 426 g/mol. The highest BCUT2D eigenvalue weighted by Gasteiger charge is 2.11. The molecule has 2 N–H and O–H groups in total. The molecular formula is C17H47B4FN8. The smallest absolute Gasteiger partial charge is 0.228 e. The minimum atomic E-state index is 0.444. The van der Waals surface area contributed by atoms with Gasteiger partial charge in [0.1, 0.15) is 0 Å². The van der Waals surface area contributed by atoms with E-state index in [-0.39, 0.29) is 0 Å². The first kappa shape index (κ1) is 29.9. The number of nitrogens with zero attached hydrogens (tertiary/aromatic N) is 7. The van der Waals surface area contributed by atoms with Crippen LogP contribution >= 0.6 is 0 Å². The van der Waals surface area contributed by atoms with Crippen molar-refractivity contribution in [3.63, 3.8) is 0 Å². The molecule has 0 atom stereocenters. The Bertz CT molecular complexity index is 399. The van der Waals surface area contributed by atoms with Crippen LogP contribution in [0.3, 0.4) is 0 Å². The molecule has 0 saturated heterocycles. The highest BCUT2D eigenvalue weighted by Crippen LogP contribution is 1.96. The molecule has 0 aliphatic carbocycles. The van der Waals surface area contributed by atoms with Crippen LogP contribution in [0.25, 0.3) is 0 Å². The SMILES string of the molecule is BN(C)CCN(CCN)CCN(B)CCN(CCN(B)F)CCN(B)CCN(C)C. The minimum absolute atomic E-state index is 0.444. The fourth-order valence-corrected chi connectivity index (χ4v) is 3.00. The molecule has 0 fully saturated rings. The molecule has 0 amide bonds. The zero-order valence-electron chi connectivity index (χ0n) is 21.0. The number of hydrogen-bond donors (Lipinski definition) is 1. The lowest BCUT2D eigenvalue weighted by Gasteiger charge is -2.30. The Labute approximate surface area is 189 Å². The van der Waals surface area contributed by atoms with Gasteiger partial charge in [-0.25, -0.2) is 0 Å². The summed E-state index contributed by atoms with van der Waals surface area (Å²) >= 11 is 0. The van der Waals surface area contributed by atoms with Gasteiger partial charge in [-0.15, -0.1) is 4.48 Å². The Morgan fingerprint density at radius 3 is 1.37 bits per heavy atom. The summed E-state index contributed by atoms with van der Waals surface area (Å²) in [4.78, 5) is 14.0. The summed E-state index contributed by atoms with van der Waals surface area (Å²) in [5.74, 6) is 0. The quantitative estimate of drug-likeness (QED) is 0.154. The van der Waals surface area contributed by atoms with Crippen LogP contribution in [0.4, 0.5) is 4.48 Å². The van der Waals surface area contributed by atoms with Crippen LogP contribution in [0.15, 0.2) is 0 Å². The lowest BCUT2D eigenvalue weighted by molar-refractivity contribution is 0.117. The molecule has 30 heavy (non-hydrogen) atoms. The van der Waals surface area contributed by atoms with Crippen LogP contribution in [-0.2, 0) is 0 Å². The Kier molecular flexibility index (Phi) is 18.4. The van der Waals surface area contributed by atoms with E-state index in [1.807, 2.05) is 0 Å². The van der Waals surface area contributed by atoms with E-state index in [1.54, 1.807) is 0 Å². The van der Waals surface area contributed by atoms with Gasteiger partial charge in [-0.2, -0.15) is 5.03 Å². The van der Waals surface area contributed by atoms with Crippen LogP contribution in [-0.4, -0.2) is 179 Å². The van der Waals surface area contributed by atoms with Gasteiger partial charge in [0, 0.05) is 58.9 Å². The van der Waals surface area contributed by atoms with Crippen molar-refractivity contribution in [2.75, 3.05) is 113 Å². The average Bonchev–Trinajstić information content (AvgIpc) is 2.67. The number of rotatable bonds is 20. The van der Waals surface area contributed by atoms with Gasteiger partial charge < -0.3 is 25.1 Å². The molecule has 8 nitrogen and oxygen atoms in total. The number of nitrogens with two attached hydrogens (primary N) is 1. The lowest BCUT2D eigenvalue weighted by Crippen LogP contribution is -2.44. The summed E-state index contributed by atoms with van der Waals surface area (Å²) in [7, 11) is 14.2. The molecule has 0 aliphatic heterocycles. The van der Waals surface area contributed by atoms with Gasteiger partial charge in [0.2, 0.25) is 7.98 Å². The van der Waals surface area contributed by atoms with E-state index in [0.717, 1.165) is 83.6 Å². The summed E-state index contributed by atoms with van der Waals surface area (Å²) in [6, 6.07) is 0. The van der Waals surface area contributed by atoms with E-state index < -0.39 is 0 Å². The molecule has 0 bridgehead atoms. The van der Waals surface area contributed by atoms with Crippen LogP contribution in [0.5, 0.6) is 0 Å². The van der Waals surface area contributed by atoms with E-state index in [0.29, 0.717) is 13.1 Å². The van der Waals surface area contributed by atoms with Crippen LogP contribution in [0.2, 0.25) is 0 Å². The van der Waals surface area contributed by atoms with Gasteiger partial charge in [0.15, 0.2) is 23.9 Å². The van der Waals surface area contributed by atoms with Crippen molar-refractivity contribution in [1.82, 2.24) is 34.2 Å². The fourth-order valence-electron chi connectivity index (χ4n) is 3.00. The summed E-state index contributed by atoms with van der Waals surface area (Å²) < 4.78 is 13.2. The second-order valence-electron chi connectivity index (χ2n) is 9.01. The van der Waals surface area contributed by atoms with Crippen LogP contribution in [0.1, 0.15) is 0 Å². The first-order chi connectivity index (χ1) is 14.1. The van der Waals surface area contributed by atoms with Gasteiger partial charge in [-0.05, 0) is 53.9 Å². The van der Waals surface area contributed by atoms with Crippen molar-refractivity contribution in [3.05, 3.63) is 0 Å². The van der Waals surface area contributed by atoms with Gasteiger partial charge in [0.05, 0.1) is 0 Å². The molecule has 174 valence electrons. The maximum Gasteiger partial charge on any atom is 0.228 e. The average molecular weight is 426 g/mol. The van der Waals surface area contributed by atoms with Gasteiger partial charge in [-0.1, -0.05) is 0 Å². The number of hydrogen-bond acceptors (Lipinski definition) is 8. The molecule has 0 aromatic carbocycles. The first-order valence-corrected chi connectivity index (χ1v) is 11.3. The molecule has 0 radical (unpaired) electrons. The second-order valence-corrected chi connectivity index (χ2v) is 9.01. The van der Waals surface area contributed by atoms with Gasteiger partial charge in [0.25, 0.3) is 0 Å². The molecule has 0 rings (SSSR count). The first-order valence-electron chi connectivity index (χ1n) is 11.3. The van der Waals surface area contributed by atoms with Crippen LogP contribution in [0, 0.1) is 0 Å². The van der Waals surface area contributed by atoms with Crippen molar-refractivity contribution in [2.45, 2.75) is 0 Å². The fraction of sp³-hybridized carbons (Fsp3) is 1.00. The minimum Gasteiger partial charge on any atom is -0.350 e. The van der Waals surface area contributed by atoms with E-state index in [1.165, 1.54) is 7.98 Å². The maximum atomic E-state index is 13.2. The molecule has 0 aliphatic rings. The van der Waals surface area contributed by atoms with E-state index in [4.69, 9.17) is 5.73 Å². The van der Waals surface area contributed by atoms with E-state index in [2.05, 4.69) is 74.2 Å². The maximum absolute atomic E-state index is 13.2. The molecular weight excluding hydrogens is 378 g/mol. The third-order valence-electron chi connectivity index (χ3n) is 5.36. The molecule has 0 aromatic heterocycles. The van der Waals surface area contributed by atoms with Crippen molar-refractivity contribution in [2.24, 2.45) is 5.73 Å². The Morgan fingerprint density at radius 1 is 0.567 bits per heavy atom. The third-order valence-corrected chi connectivity index (χ3v) is 5.36. The predicted octanol–water partition coefficient (Wildman–Crippen LogP) is -4.97. The number of likely N-dealkylation sites (N-methyl/N-ethyl adjacent to an activating group) is 2. The largest absolute Gasteiger partial charge is 0.350 e. The normalized spacial score (nSPS) is 12.7. The van der Waals surface area contributed by atoms with Crippen molar-refractivity contribution in [1.29, 1.82) is 0 Å². The van der Waals surface area contributed by atoms with Gasteiger partial charge in [-0.3, -0.25) is 9.80 Å².